The topological polar surface area (TPSA) is 107 Å². The Morgan fingerprint density at radius 2 is 1.62 bits per heavy atom. The first-order chi connectivity index (χ1) is 12.5. The summed E-state index contributed by atoms with van der Waals surface area (Å²) in [5.41, 5.74) is 0.816. The Bertz CT molecular complexity index is 743. The van der Waals surface area contributed by atoms with Crippen molar-refractivity contribution in [1.29, 1.82) is 0 Å². The number of hydrogen-bond acceptors (Lipinski definition) is 5. The highest BCUT2D eigenvalue weighted by molar-refractivity contribution is 6.05. The lowest BCUT2D eigenvalue weighted by atomic mass is 9.85. The molecule has 1 saturated heterocycles. The molecule has 136 valence electrons. The monoisotopic (exact) mass is 355 g/mol. The molecular formula is C19H19N2O5-. The van der Waals surface area contributed by atoms with Gasteiger partial charge in [-0.05, 0) is 24.0 Å². The van der Waals surface area contributed by atoms with Gasteiger partial charge in [-0.1, -0.05) is 36.4 Å². The molecule has 1 heterocycles. The lowest BCUT2D eigenvalue weighted by Gasteiger charge is -2.14. The molecule has 2 atom stereocenters. The van der Waals surface area contributed by atoms with Crippen molar-refractivity contribution in [3.8, 4) is 0 Å². The van der Waals surface area contributed by atoms with Crippen molar-refractivity contribution in [3.63, 3.8) is 0 Å². The molecule has 0 aromatic heterocycles. The molecule has 1 N–H and O–H groups in total. The minimum Gasteiger partial charge on any atom is -0.545 e. The van der Waals surface area contributed by atoms with Crippen molar-refractivity contribution in [2.24, 2.45) is 11.8 Å². The normalized spacial score (nSPS) is 21.6. The fourth-order valence-electron chi connectivity index (χ4n) is 3.35. The summed E-state index contributed by atoms with van der Waals surface area (Å²) in [5.74, 6) is -2.46. The number of imide groups is 1. The van der Waals surface area contributed by atoms with Crippen molar-refractivity contribution in [1.82, 2.24) is 10.2 Å². The molecular weight excluding hydrogens is 336 g/mol. The number of nitrogens with one attached hydrogen (secondary N) is 1. The van der Waals surface area contributed by atoms with Crippen LogP contribution in [0.2, 0.25) is 0 Å². The number of benzene rings is 1. The maximum absolute atomic E-state index is 12.3. The van der Waals surface area contributed by atoms with Gasteiger partial charge in [0.15, 0.2) is 0 Å². The number of hydrogen-bond donors (Lipinski definition) is 1. The maximum atomic E-state index is 12.3. The highest BCUT2D eigenvalue weighted by Gasteiger charge is 2.46. The molecule has 7 heteroatoms. The number of amides is 3. The van der Waals surface area contributed by atoms with Gasteiger partial charge in [0.05, 0.1) is 17.8 Å². The van der Waals surface area contributed by atoms with E-state index in [1.807, 2.05) is 12.2 Å². The van der Waals surface area contributed by atoms with Gasteiger partial charge in [0.1, 0.15) is 0 Å². The minimum absolute atomic E-state index is 0.0431. The molecule has 0 bridgehead atoms. The van der Waals surface area contributed by atoms with E-state index in [2.05, 4.69) is 5.32 Å². The van der Waals surface area contributed by atoms with Gasteiger partial charge in [0.25, 0.3) is 0 Å². The van der Waals surface area contributed by atoms with Crippen LogP contribution in [0.4, 0.5) is 0 Å². The molecule has 26 heavy (non-hydrogen) atoms. The number of allylic oxidation sites excluding steroid dienone is 2. The van der Waals surface area contributed by atoms with Crippen LogP contribution < -0.4 is 10.4 Å². The molecule has 0 unspecified atom stereocenters. The van der Waals surface area contributed by atoms with Gasteiger partial charge in [0.2, 0.25) is 17.7 Å². The van der Waals surface area contributed by atoms with Crippen molar-refractivity contribution in [2.75, 3.05) is 6.54 Å². The number of fused-ring (bicyclic) bond motifs is 1. The third-order valence-electron chi connectivity index (χ3n) is 4.84. The van der Waals surface area contributed by atoms with Crippen molar-refractivity contribution >= 4 is 23.7 Å². The van der Waals surface area contributed by atoms with Crippen molar-refractivity contribution in [3.05, 3.63) is 47.5 Å². The van der Waals surface area contributed by atoms with E-state index in [0.29, 0.717) is 12.8 Å². The summed E-state index contributed by atoms with van der Waals surface area (Å²) in [6.45, 7) is 0.323. The maximum Gasteiger partial charge on any atom is 0.233 e. The molecule has 0 spiro atoms. The van der Waals surface area contributed by atoms with Gasteiger partial charge < -0.3 is 15.2 Å². The number of carboxylic acid groups (broad SMARTS) is 1. The Morgan fingerprint density at radius 3 is 2.15 bits per heavy atom. The van der Waals surface area contributed by atoms with Gasteiger partial charge in [0, 0.05) is 19.5 Å². The van der Waals surface area contributed by atoms with E-state index in [9.17, 15) is 24.3 Å². The van der Waals surface area contributed by atoms with E-state index in [-0.39, 0.29) is 54.6 Å². The summed E-state index contributed by atoms with van der Waals surface area (Å²) in [7, 11) is 0. The summed E-state index contributed by atoms with van der Waals surface area (Å²) in [6.07, 6.45) is 5.06. The first-order valence-corrected chi connectivity index (χ1v) is 8.54. The van der Waals surface area contributed by atoms with Crippen LogP contribution in [-0.4, -0.2) is 35.1 Å². The van der Waals surface area contributed by atoms with E-state index in [4.69, 9.17) is 0 Å². The number of nitrogens with zero attached hydrogens (tertiary/aromatic N) is 1. The molecule has 1 aromatic carbocycles. The molecule has 7 nitrogen and oxygen atoms in total. The summed E-state index contributed by atoms with van der Waals surface area (Å²) in [4.78, 5) is 48.5. The third-order valence-corrected chi connectivity index (χ3v) is 4.84. The van der Waals surface area contributed by atoms with E-state index in [1.165, 1.54) is 17.0 Å². The summed E-state index contributed by atoms with van der Waals surface area (Å²) in [5, 5.41) is 13.4. The van der Waals surface area contributed by atoms with E-state index >= 15 is 0 Å². The largest absolute Gasteiger partial charge is 0.545 e. The lowest BCUT2D eigenvalue weighted by Crippen LogP contribution is -2.35. The Hall–Kier alpha value is -2.96. The zero-order chi connectivity index (χ0) is 18.7. The molecule has 3 rings (SSSR count). The summed E-state index contributed by atoms with van der Waals surface area (Å²) < 4.78 is 0. The molecule has 2 aliphatic rings. The first kappa shape index (κ1) is 17.8. The zero-order valence-corrected chi connectivity index (χ0v) is 14.1. The molecule has 1 aliphatic carbocycles. The van der Waals surface area contributed by atoms with Crippen LogP contribution in [0.15, 0.2) is 36.4 Å². The highest BCUT2D eigenvalue weighted by atomic mass is 16.4. The Labute approximate surface area is 150 Å². The molecule has 1 aromatic rings. The van der Waals surface area contributed by atoms with Gasteiger partial charge in [-0.15, -0.1) is 0 Å². The molecule has 1 aliphatic heterocycles. The number of carboxylic acids is 1. The average molecular weight is 355 g/mol. The standard InChI is InChI=1S/C19H20N2O5/c22-16(20-11-12-5-7-13(8-6-12)19(25)26)9-10-21-17(23)14-3-1-2-4-15(14)18(21)24/h1-2,5-8,14-15H,3-4,9-11H2,(H,20,22)(H,25,26)/p-1/t14-,15-/m1/s1. The fraction of sp³-hybridized carbons (Fsp3) is 0.368. The van der Waals surface area contributed by atoms with Crippen LogP contribution >= 0.6 is 0 Å². The van der Waals surface area contributed by atoms with Crippen LogP contribution in [0.1, 0.15) is 35.2 Å². The number of likely N-dealkylation sites (tertiary alicyclic amines) is 1. The number of aromatic carboxylic acids is 1. The third kappa shape index (κ3) is 3.66. The highest BCUT2D eigenvalue weighted by Crippen LogP contribution is 2.34. The predicted molar refractivity (Wildman–Crippen MR) is 89.3 cm³/mol. The SMILES string of the molecule is O=C(CCN1C(=O)[C@@H]2CC=CC[C@H]2C1=O)NCc1ccc(C(=O)[O-])cc1. The van der Waals surface area contributed by atoms with E-state index in [1.54, 1.807) is 12.1 Å². The zero-order valence-electron chi connectivity index (χ0n) is 14.1. The van der Waals surface area contributed by atoms with Crippen LogP contribution in [0.5, 0.6) is 0 Å². The smallest absolute Gasteiger partial charge is 0.233 e. The first-order valence-electron chi connectivity index (χ1n) is 8.54. The average Bonchev–Trinajstić information content (AvgIpc) is 2.89. The lowest BCUT2D eigenvalue weighted by molar-refractivity contribution is -0.255. The molecule has 0 radical (unpaired) electrons. The van der Waals surface area contributed by atoms with Crippen molar-refractivity contribution in [2.45, 2.75) is 25.8 Å². The van der Waals surface area contributed by atoms with Gasteiger partial charge in [-0.2, -0.15) is 0 Å². The van der Waals surface area contributed by atoms with Crippen LogP contribution in [0.3, 0.4) is 0 Å². The van der Waals surface area contributed by atoms with Crippen LogP contribution in [0.25, 0.3) is 0 Å². The number of rotatable bonds is 6. The molecule has 0 saturated carbocycles. The predicted octanol–water partition coefficient (Wildman–Crippen LogP) is 0.00760. The van der Waals surface area contributed by atoms with Crippen LogP contribution in [-0.2, 0) is 20.9 Å². The second-order valence-electron chi connectivity index (χ2n) is 6.50. The Balaban J connectivity index is 1.47. The van der Waals surface area contributed by atoms with Gasteiger partial charge in [-0.3, -0.25) is 19.3 Å². The number of carbonyl (C=O) groups is 4. The second-order valence-corrected chi connectivity index (χ2v) is 6.50. The summed E-state index contributed by atoms with van der Waals surface area (Å²) in [6, 6.07) is 6.01. The summed E-state index contributed by atoms with van der Waals surface area (Å²) >= 11 is 0. The molecule has 3 amide bonds. The van der Waals surface area contributed by atoms with E-state index in [0.717, 1.165) is 5.56 Å². The van der Waals surface area contributed by atoms with E-state index < -0.39 is 5.97 Å². The van der Waals surface area contributed by atoms with Gasteiger partial charge >= 0.3 is 0 Å². The second kappa shape index (κ2) is 7.51. The van der Waals surface area contributed by atoms with Crippen LogP contribution in [0, 0.1) is 11.8 Å². The van der Waals surface area contributed by atoms with Crippen molar-refractivity contribution < 1.29 is 24.3 Å². The fourth-order valence-corrected chi connectivity index (χ4v) is 3.35. The Morgan fingerprint density at radius 1 is 1.04 bits per heavy atom. The Kier molecular flexibility index (Phi) is 5.16. The van der Waals surface area contributed by atoms with Gasteiger partial charge in [-0.25, -0.2) is 0 Å². The number of carbonyl (C=O) groups excluding carboxylic acids is 4. The molecule has 1 fully saturated rings. The minimum atomic E-state index is -1.25. The quantitative estimate of drug-likeness (QED) is 0.571.